The van der Waals surface area contributed by atoms with E-state index in [0.29, 0.717) is 30.8 Å². The molecule has 8 nitrogen and oxygen atoms in total. The molecule has 0 radical (unpaired) electrons. The Kier molecular flexibility index (Phi) is 8.26. The van der Waals surface area contributed by atoms with E-state index in [-0.39, 0.29) is 36.5 Å². The second-order valence-corrected chi connectivity index (χ2v) is 9.53. The van der Waals surface area contributed by atoms with Crippen molar-refractivity contribution in [1.29, 1.82) is 0 Å². The quantitative estimate of drug-likeness (QED) is 0.628. The summed E-state index contributed by atoms with van der Waals surface area (Å²) in [5.41, 5.74) is 0.600. The molecule has 8 heteroatoms. The molecule has 0 aliphatic carbocycles. The van der Waals surface area contributed by atoms with Crippen molar-refractivity contribution in [1.82, 2.24) is 19.8 Å². The van der Waals surface area contributed by atoms with Crippen LogP contribution in [0, 0.1) is 17.8 Å². The van der Waals surface area contributed by atoms with E-state index >= 15 is 0 Å². The Morgan fingerprint density at radius 2 is 2.12 bits per heavy atom. The largest absolute Gasteiger partial charge is 0.472 e. The first-order valence-electron chi connectivity index (χ1n) is 11.5. The van der Waals surface area contributed by atoms with E-state index in [2.05, 4.69) is 26.7 Å². The number of likely N-dealkylation sites (N-methyl/N-ethyl adjacent to an activating group) is 1. The molecule has 182 valence electrons. The number of fused-ring (bicyclic) bond motifs is 1. The summed E-state index contributed by atoms with van der Waals surface area (Å²) >= 11 is 0. The number of carbonyl (C=O) groups is 1. The second kappa shape index (κ2) is 11.0. The van der Waals surface area contributed by atoms with Gasteiger partial charge in [-0.3, -0.25) is 14.7 Å². The summed E-state index contributed by atoms with van der Waals surface area (Å²) < 4.78 is 6.31. The van der Waals surface area contributed by atoms with Crippen LogP contribution < -0.4 is 4.74 Å². The molecule has 3 atom stereocenters. The zero-order valence-electron chi connectivity index (χ0n) is 20.5. The first-order valence-corrected chi connectivity index (χ1v) is 11.5. The van der Waals surface area contributed by atoms with Gasteiger partial charge < -0.3 is 19.8 Å². The lowest BCUT2D eigenvalue weighted by atomic mass is 9.99. The van der Waals surface area contributed by atoms with Crippen molar-refractivity contribution >= 4 is 5.91 Å². The number of hydrogen-bond acceptors (Lipinski definition) is 7. The molecule has 3 rings (SSSR count). The Morgan fingerprint density at radius 1 is 1.35 bits per heavy atom. The van der Waals surface area contributed by atoms with Gasteiger partial charge in [0.1, 0.15) is 17.3 Å². The van der Waals surface area contributed by atoms with Crippen molar-refractivity contribution in [2.24, 2.45) is 5.92 Å². The van der Waals surface area contributed by atoms with Gasteiger partial charge in [0.15, 0.2) is 0 Å². The van der Waals surface area contributed by atoms with Gasteiger partial charge >= 0.3 is 0 Å². The molecule has 0 saturated carbocycles. The second-order valence-electron chi connectivity index (χ2n) is 9.53. The maximum absolute atomic E-state index is 13.4. The highest BCUT2D eigenvalue weighted by molar-refractivity contribution is 5.97. The van der Waals surface area contributed by atoms with Crippen molar-refractivity contribution < 1.29 is 19.7 Å². The SMILES string of the molecule is C[C@H]1CN([C@@H](C)CO)C(=O)c2cc(C#CC(C)(C)O)cnc2O[C@H]1CN(C)Cc1ccccn1. The molecule has 34 heavy (non-hydrogen) atoms. The van der Waals surface area contributed by atoms with Crippen LogP contribution >= 0.6 is 0 Å². The van der Waals surface area contributed by atoms with Gasteiger partial charge in [0.05, 0.1) is 18.3 Å². The zero-order chi connectivity index (χ0) is 24.9. The number of ether oxygens (including phenoxy) is 1. The smallest absolute Gasteiger partial charge is 0.259 e. The van der Waals surface area contributed by atoms with Crippen LogP contribution in [-0.2, 0) is 6.54 Å². The Morgan fingerprint density at radius 3 is 2.76 bits per heavy atom. The Bertz CT molecular complexity index is 1040. The highest BCUT2D eigenvalue weighted by atomic mass is 16.5. The number of rotatable bonds is 6. The van der Waals surface area contributed by atoms with Gasteiger partial charge in [0.2, 0.25) is 5.88 Å². The van der Waals surface area contributed by atoms with Gasteiger partial charge in [-0.05, 0) is 46.0 Å². The van der Waals surface area contributed by atoms with Crippen LogP contribution in [-0.4, -0.2) is 80.4 Å². The van der Waals surface area contributed by atoms with Crippen molar-refractivity contribution in [3.8, 4) is 17.7 Å². The first kappa shape index (κ1) is 25.6. The summed E-state index contributed by atoms with van der Waals surface area (Å²) in [6.07, 6.45) is 3.08. The molecule has 0 saturated heterocycles. The molecular formula is C26H34N4O4. The summed E-state index contributed by atoms with van der Waals surface area (Å²) in [5, 5.41) is 19.7. The van der Waals surface area contributed by atoms with Crippen LogP contribution in [0.5, 0.6) is 5.88 Å². The highest BCUT2D eigenvalue weighted by Gasteiger charge is 2.34. The Balaban J connectivity index is 1.92. The molecule has 0 bridgehead atoms. The fourth-order valence-corrected chi connectivity index (χ4v) is 3.75. The standard InChI is InChI=1S/C26H34N4O4/c1-18-14-30(19(2)17-31)25(32)22-12-20(9-10-26(3,4)33)13-28-24(22)34-23(18)16-29(5)15-21-8-6-7-11-27-21/h6-8,11-13,18-19,23,31,33H,14-17H2,1-5H3/t18-,19-,23-/m0/s1. The van der Waals surface area contributed by atoms with E-state index < -0.39 is 5.60 Å². The predicted octanol–water partition coefficient (Wildman–Crippen LogP) is 1.95. The number of hydrogen-bond donors (Lipinski definition) is 2. The van der Waals surface area contributed by atoms with E-state index in [1.54, 1.807) is 37.2 Å². The van der Waals surface area contributed by atoms with Crippen LogP contribution in [0.1, 0.15) is 49.3 Å². The summed E-state index contributed by atoms with van der Waals surface area (Å²) in [5.74, 6) is 5.60. The maximum Gasteiger partial charge on any atom is 0.259 e. The summed E-state index contributed by atoms with van der Waals surface area (Å²) in [7, 11) is 2.01. The minimum atomic E-state index is -1.17. The van der Waals surface area contributed by atoms with Crippen molar-refractivity contribution in [2.75, 3.05) is 26.7 Å². The number of amides is 1. The van der Waals surface area contributed by atoms with Gasteiger partial charge in [-0.2, -0.15) is 0 Å². The van der Waals surface area contributed by atoms with Crippen LogP contribution in [0.15, 0.2) is 36.7 Å². The molecule has 1 aliphatic rings. The lowest BCUT2D eigenvalue weighted by Gasteiger charge is -2.37. The molecule has 1 amide bonds. The number of aromatic nitrogens is 2. The summed E-state index contributed by atoms with van der Waals surface area (Å²) in [4.78, 5) is 26.1. The minimum absolute atomic E-state index is 0.00580. The van der Waals surface area contributed by atoms with Gasteiger partial charge in [-0.15, -0.1) is 0 Å². The molecule has 3 heterocycles. The van der Waals surface area contributed by atoms with E-state index in [9.17, 15) is 15.0 Å². The fraction of sp³-hybridized carbons (Fsp3) is 0.500. The van der Waals surface area contributed by atoms with E-state index in [0.717, 1.165) is 5.69 Å². The molecule has 0 unspecified atom stereocenters. The molecule has 2 aromatic rings. The average molecular weight is 467 g/mol. The molecule has 2 N–H and O–H groups in total. The lowest BCUT2D eigenvalue weighted by molar-refractivity contribution is 0.0324. The number of aliphatic hydroxyl groups excluding tert-OH is 1. The molecule has 2 aromatic heterocycles. The number of carbonyl (C=O) groups excluding carboxylic acids is 1. The molecule has 1 aliphatic heterocycles. The third-order valence-corrected chi connectivity index (χ3v) is 5.68. The maximum atomic E-state index is 13.4. The highest BCUT2D eigenvalue weighted by Crippen LogP contribution is 2.27. The first-order chi connectivity index (χ1) is 16.1. The van der Waals surface area contributed by atoms with E-state index in [4.69, 9.17) is 4.74 Å². The van der Waals surface area contributed by atoms with E-state index in [1.807, 2.05) is 39.1 Å². The molecule has 0 spiro atoms. The number of aliphatic hydroxyl groups is 2. The van der Waals surface area contributed by atoms with Crippen LogP contribution in [0.3, 0.4) is 0 Å². The van der Waals surface area contributed by atoms with Crippen molar-refractivity contribution in [3.63, 3.8) is 0 Å². The topological polar surface area (TPSA) is 99.0 Å². The van der Waals surface area contributed by atoms with Crippen LogP contribution in [0.25, 0.3) is 0 Å². The van der Waals surface area contributed by atoms with Gasteiger partial charge in [0.25, 0.3) is 5.91 Å². The zero-order valence-corrected chi connectivity index (χ0v) is 20.5. The fourth-order valence-electron chi connectivity index (χ4n) is 3.75. The predicted molar refractivity (Wildman–Crippen MR) is 129 cm³/mol. The monoisotopic (exact) mass is 466 g/mol. The van der Waals surface area contributed by atoms with Gasteiger partial charge in [-0.1, -0.05) is 24.8 Å². The van der Waals surface area contributed by atoms with Crippen molar-refractivity contribution in [2.45, 2.75) is 52.0 Å². The van der Waals surface area contributed by atoms with Crippen molar-refractivity contribution in [3.05, 3.63) is 53.5 Å². The summed E-state index contributed by atoms with van der Waals surface area (Å²) in [6, 6.07) is 7.11. The lowest BCUT2D eigenvalue weighted by Crippen LogP contribution is -2.49. The Labute approximate surface area is 201 Å². The van der Waals surface area contributed by atoms with E-state index in [1.165, 1.54) is 0 Å². The van der Waals surface area contributed by atoms with Crippen LogP contribution in [0.4, 0.5) is 0 Å². The van der Waals surface area contributed by atoms with Crippen LogP contribution in [0.2, 0.25) is 0 Å². The number of pyridine rings is 2. The minimum Gasteiger partial charge on any atom is -0.472 e. The summed E-state index contributed by atoms with van der Waals surface area (Å²) in [6.45, 7) is 8.59. The molecule has 0 fully saturated rings. The normalized spacial score (nSPS) is 19.4. The molecular weight excluding hydrogens is 432 g/mol. The Hall–Kier alpha value is -2.99. The number of nitrogens with zero attached hydrogens (tertiary/aromatic N) is 4. The molecule has 0 aromatic carbocycles. The third-order valence-electron chi connectivity index (χ3n) is 5.68. The van der Waals surface area contributed by atoms with Gasteiger partial charge in [0, 0.05) is 43.5 Å². The van der Waals surface area contributed by atoms with Gasteiger partial charge in [-0.25, -0.2) is 4.98 Å². The third kappa shape index (κ3) is 6.76. The average Bonchev–Trinajstić information content (AvgIpc) is 2.79.